The molecule has 2 aromatic rings. The topological polar surface area (TPSA) is 57.9 Å². The van der Waals surface area contributed by atoms with Gasteiger partial charge in [-0.25, -0.2) is 4.79 Å². The number of aryl methyl sites for hydroxylation is 1. The van der Waals surface area contributed by atoms with Crippen LogP contribution in [-0.2, 0) is 16.1 Å². The van der Waals surface area contributed by atoms with Crippen molar-refractivity contribution in [3.8, 4) is 11.5 Å². The molecule has 0 bridgehead atoms. The van der Waals surface area contributed by atoms with Gasteiger partial charge in [0.05, 0.1) is 5.02 Å². The first-order valence-electron chi connectivity index (χ1n) is 6.61. The summed E-state index contributed by atoms with van der Waals surface area (Å²) in [6.45, 7) is 2.07. The van der Waals surface area contributed by atoms with Crippen LogP contribution in [0, 0.1) is 6.92 Å². The largest absolute Gasteiger partial charge is 0.462 e. The van der Waals surface area contributed by atoms with Crippen LogP contribution in [0.5, 0.6) is 11.5 Å². The van der Waals surface area contributed by atoms with Crippen LogP contribution in [-0.4, -0.2) is 12.8 Å². The van der Waals surface area contributed by atoms with Crippen molar-refractivity contribution in [1.82, 2.24) is 0 Å². The van der Waals surface area contributed by atoms with Gasteiger partial charge in [-0.05, 0) is 42.8 Å². The molecule has 0 aliphatic carbocycles. The Balaban J connectivity index is 1.59. The highest BCUT2D eigenvalue weighted by atomic mass is 35.5. The van der Waals surface area contributed by atoms with Crippen molar-refractivity contribution in [1.29, 1.82) is 0 Å². The highest BCUT2D eigenvalue weighted by Gasteiger charge is 2.18. The second-order valence-electron chi connectivity index (χ2n) is 4.70. The van der Waals surface area contributed by atoms with Crippen molar-refractivity contribution < 1.29 is 23.4 Å². The van der Waals surface area contributed by atoms with Crippen LogP contribution >= 0.6 is 11.6 Å². The molecule has 2 heterocycles. The Morgan fingerprint density at radius 3 is 3.00 bits per heavy atom. The molecule has 3 rings (SSSR count). The number of carbonyl (C=O) groups excluding carboxylic acids is 1. The molecule has 114 valence electrons. The average molecular weight is 321 g/mol. The van der Waals surface area contributed by atoms with E-state index < -0.39 is 5.97 Å². The maximum atomic E-state index is 11.7. The van der Waals surface area contributed by atoms with E-state index in [1.54, 1.807) is 24.3 Å². The first-order valence-corrected chi connectivity index (χ1v) is 6.99. The summed E-state index contributed by atoms with van der Waals surface area (Å²) in [5, 5.41) is 0.433. The Bertz CT molecular complexity index is 732. The molecule has 0 saturated heterocycles. The SMILES string of the molecule is Cc1ccc(/C=C/C(=O)OCc2cc(Cl)c3c(c2)OCO3)o1. The first-order chi connectivity index (χ1) is 10.6. The molecule has 5 nitrogen and oxygen atoms in total. The third-order valence-electron chi connectivity index (χ3n) is 3.01. The predicted molar refractivity (Wildman–Crippen MR) is 79.9 cm³/mol. The van der Waals surface area contributed by atoms with Crippen molar-refractivity contribution in [3.63, 3.8) is 0 Å². The molecule has 0 atom stereocenters. The first kappa shape index (κ1) is 14.5. The molecular formula is C16H13ClO5. The Hall–Kier alpha value is -2.40. The molecule has 1 aromatic heterocycles. The minimum atomic E-state index is -0.470. The minimum Gasteiger partial charge on any atom is -0.462 e. The van der Waals surface area contributed by atoms with E-state index in [1.807, 2.05) is 13.0 Å². The van der Waals surface area contributed by atoms with Gasteiger partial charge in [-0.2, -0.15) is 0 Å². The normalized spacial score (nSPS) is 12.8. The van der Waals surface area contributed by atoms with E-state index >= 15 is 0 Å². The van der Waals surface area contributed by atoms with Crippen LogP contribution in [0.4, 0.5) is 0 Å². The fourth-order valence-corrected chi connectivity index (χ4v) is 2.29. The van der Waals surface area contributed by atoms with Crippen LogP contribution < -0.4 is 9.47 Å². The van der Waals surface area contributed by atoms with E-state index in [2.05, 4.69) is 0 Å². The summed E-state index contributed by atoms with van der Waals surface area (Å²) in [6.07, 6.45) is 2.87. The summed E-state index contributed by atoms with van der Waals surface area (Å²) in [4.78, 5) is 11.7. The molecule has 6 heteroatoms. The third-order valence-corrected chi connectivity index (χ3v) is 3.29. The molecule has 1 aliphatic rings. The second-order valence-corrected chi connectivity index (χ2v) is 5.11. The van der Waals surface area contributed by atoms with Crippen molar-refractivity contribution in [2.75, 3.05) is 6.79 Å². The highest BCUT2D eigenvalue weighted by Crippen LogP contribution is 2.39. The smallest absolute Gasteiger partial charge is 0.331 e. The third kappa shape index (κ3) is 3.26. The zero-order valence-corrected chi connectivity index (χ0v) is 12.6. The van der Waals surface area contributed by atoms with Gasteiger partial charge in [0, 0.05) is 6.08 Å². The van der Waals surface area contributed by atoms with Crippen molar-refractivity contribution in [2.45, 2.75) is 13.5 Å². The minimum absolute atomic E-state index is 0.0940. The lowest BCUT2D eigenvalue weighted by molar-refractivity contribution is -0.138. The van der Waals surface area contributed by atoms with Gasteiger partial charge in [0.25, 0.3) is 0 Å². The number of ether oxygens (including phenoxy) is 3. The molecule has 0 spiro atoms. The van der Waals surface area contributed by atoms with Crippen LogP contribution in [0.15, 0.2) is 34.8 Å². The zero-order valence-electron chi connectivity index (χ0n) is 11.8. The molecular weight excluding hydrogens is 308 g/mol. The molecule has 22 heavy (non-hydrogen) atoms. The molecule has 0 fully saturated rings. The van der Waals surface area contributed by atoms with Gasteiger partial charge in [0.15, 0.2) is 11.5 Å². The molecule has 0 amide bonds. The fourth-order valence-electron chi connectivity index (χ4n) is 2.00. The molecule has 0 radical (unpaired) electrons. The molecule has 0 unspecified atom stereocenters. The average Bonchev–Trinajstić information content (AvgIpc) is 3.12. The monoisotopic (exact) mass is 320 g/mol. The van der Waals surface area contributed by atoms with Gasteiger partial charge in [-0.1, -0.05) is 11.6 Å². The van der Waals surface area contributed by atoms with Crippen LogP contribution in [0.1, 0.15) is 17.1 Å². The number of hydrogen-bond acceptors (Lipinski definition) is 5. The zero-order chi connectivity index (χ0) is 15.5. The summed E-state index contributed by atoms with van der Waals surface area (Å²) >= 11 is 6.06. The summed E-state index contributed by atoms with van der Waals surface area (Å²) < 4.78 is 20.9. The number of fused-ring (bicyclic) bond motifs is 1. The van der Waals surface area contributed by atoms with Gasteiger partial charge in [0.2, 0.25) is 6.79 Å². The highest BCUT2D eigenvalue weighted by molar-refractivity contribution is 6.32. The van der Waals surface area contributed by atoms with Crippen molar-refractivity contribution in [3.05, 3.63) is 52.4 Å². The Morgan fingerprint density at radius 1 is 1.36 bits per heavy atom. The molecule has 0 saturated carbocycles. The van der Waals surface area contributed by atoms with Crippen LogP contribution in [0.2, 0.25) is 5.02 Å². The van der Waals surface area contributed by atoms with Gasteiger partial charge in [0.1, 0.15) is 18.1 Å². The summed E-state index contributed by atoms with van der Waals surface area (Å²) in [6, 6.07) is 7.01. The number of benzene rings is 1. The quantitative estimate of drug-likeness (QED) is 0.634. The Morgan fingerprint density at radius 2 is 2.23 bits per heavy atom. The number of hydrogen-bond donors (Lipinski definition) is 0. The molecule has 1 aromatic carbocycles. The summed E-state index contributed by atoms with van der Waals surface area (Å²) in [5.41, 5.74) is 0.727. The number of carbonyl (C=O) groups is 1. The van der Waals surface area contributed by atoms with Crippen LogP contribution in [0.3, 0.4) is 0 Å². The predicted octanol–water partition coefficient (Wildman–Crippen LogP) is 3.73. The lowest BCUT2D eigenvalue weighted by Gasteiger charge is -2.05. The Kier molecular flexibility index (Phi) is 4.06. The maximum Gasteiger partial charge on any atom is 0.331 e. The number of rotatable bonds is 4. The summed E-state index contributed by atoms with van der Waals surface area (Å²) in [5.74, 6) is 1.98. The van der Waals surface area contributed by atoms with Gasteiger partial charge < -0.3 is 18.6 Å². The summed E-state index contributed by atoms with van der Waals surface area (Å²) in [7, 11) is 0. The number of furan rings is 1. The van der Waals surface area contributed by atoms with Crippen LogP contribution in [0.25, 0.3) is 6.08 Å². The van der Waals surface area contributed by atoms with E-state index in [0.717, 1.165) is 11.3 Å². The number of halogens is 1. The van der Waals surface area contributed by atoms with E-state index in [1.165, 1.54) is 6.08 Å². The molecule has 0 N–H and O–H groups in total. The van der Waals surface area contributed by atoms with E-state index in [-0.39, 0.29) is 13.4 Å². The van der Waals surface area contributed by atoms with Gasteiger partial charge >= 0.3 is 5.97 Å². The fraction of sp³-hybridized carbons (Fsp3) is 0.188. The lowest BCUT2D eigenvalue weighted by Crippen LogP contribution is -2.00. The van der Waals surface area contributed by atoms with Crippen molar-refractivity contribution in [2.24, 2.45) is 0 Å². The maximum absolute atomic E-state index is 11.7. The van der Waals surface area contributed by atoms with E-state index in [0.29, 0.717) is 22.3 Å². The van der Waals surface area contributed by atoms with Gasteiger partial charge in [-0.3, -0.25) is 0 Å². The van der Waals surface area contributed by atoms with Crippen molar-refractivity contribution >= 4 is 23.6 Å². The Labute approximate surface area is 132 Å². The van der Waals surface area contributed by atoms with E-state index in [4.69, 9.17) is 30.2 Å². The standard InChI is InChI=1S/C16H13ClO5/c1-10-2-3-12(22-10)4-5-15(18)19-8-11-6-13(17)16-14(7-11)20-9-21-16/h2-7H,8-9H2,1H3/b5-4+. The van der Waals surface area contributed by atoms with E-state index in [9.17, 15) is 4.79 Å². The lowest BCUT2D eigenvalue weighted by atomic mass is 10.2. The second kappa shape index (κ2) is 6.15. The number of esters is 1. The molecule has 1 aliphatic heterocycles. The van der Waals surface area contributed by atoms with Gasteiger partial charge in [-0.15, -0.1) is 0 Å².